The van der Waals surface area contributed by atoms with Gasteiger partial charge in [0, 0.05) is 5.56 Å². The Labute approximate surface area is 192 Å². The van der Waals surface area contributed by atoms with E-state index < -0.39 is 28.4 Å². The van der Waals surface area contributed by atoms with E-state index in [4.69, 9.17) is 14.2 Å². The van der Waals surface area contributed by atoms with Crippen LogP contribution in [0.1, 0.15) is 27.6 Å². The number of para-hydroxylation sites is 1. The fourth-order valence-electron chi connectivity index (χ4n) is 2.90. The molecule has 3 aromatic rings. The lowest BCUT2D eigenvalue weighted by atomic mass is 10.1. The average Bonchev–Trinajstić information content (AvgIpc) is 2.83. The predicted octanol–water partition coefficient (Wildman–Crippen LogP) is 3.93. The Kier molecular flexibility index (Phi) is 7.68. The molecule has 0 amide bonds. The van der Waals surface area contributed by atoms with Gasteiger partial charge >= 0.3 is 5.97 Å². The van der Waals surface area contributed by atoms with Gasteiger partial charge < -0.3 is 14.2 Å². The molecule has 0 bridgehead atoms. The number of ether oxygens (including phenoxy) is 3. The van der Waals surface area contributed by atoms with Crippen molar-refractivity contribution < 1.29 is 32.2 Å². The van der Waals surface area contributed by atoms with Gasteiger partial charge in [0.15, 0.2) is 12.4 Å². The zero-order chi connectivity index (χ0) is 23.8. The molecule has 0 heterocycles. The second kappa shape index (κ2) is 10.6. The third-order valence-electron chi connectivity index (χ3n) is 4.58. The highest BCUT2D eigenvalue weighted by atomic mass is 32.2. The number of anilines is 1. The van der Waals surface area contributed by atoms with Gasteiger partial charge in [-0.05, 0) is 67.6 Å². The van der Waals surface area contributed by atoms with Crippen LogP contribution in [0.15, 0.2) is 77.7 Å². The van der Waals surface area contributed by atoms with Crippen LogP contribution in [-0.2, 0) is 14.8 Å². The van der Waals surface area contributed by atoms with E-state index in [1.807, 2.05) is 6.92 Å². The summed E-state index contributed by atoms with van der Waals surface area (Å²) in [7, 11) is -2.49. The molecule has 0 aliphatic carbocycles. The standard InChI is InChI=1S/C24H23NO7S/c1-3-31-19-10-8-17(9-11-19)23(26)16-32-24(27)21-6-4-5-7-22(21)25-33(28,29)20-14-12-18(30-2)13-15-20/h4-15,25H,3,16H2,1-2H3. The quantitative estimate of drug-likeness (QED) is 0.354. The van der Waals surface area contributed by atoms with Gasteiger partial charge in [0.1, 0.15) is 11.5 Å². The minimum Gasteiger partial charge on any atom is -0.497 e. The Hall–Kier alpha value is -3.85. The minimum absolute atomic E-state index is 0.00264. The molecule has 0 unspecified atom stereocenters. The number of hydrogen-bond acceptors (Lipinski definition) is 7. The zero-order valence-electron chi connectivity index (χ0n) is 18.1. The molecular formula is C24H23NO7S. The predicted molar refractivity (Wildman–Crippen MR) is 122 cm³/mol. The van der Waals surface area contributed by atoms with Gasteiger partial charge in [0.2, 0.25) is 0 Å². The Balaban J connectivity index is 1.69. The first-order chi connectivity index (χ1) is 15.8. The van der Waals surface area contributed by atoms with Gasteiger partial charge in [0.05, 0.1) is 29.9 Å². The van der Waals surface area contributed by atoms with Crippen LogP contribution >= 0.6 is 0 Å². The molecule has 0 saturated carbocycles. The summed E-state index contributed by atoms with van der Waals surface area (Å²) in [6, 6.07) is 18.3. The number of ketones is 1. The van der Waals surface area contributed by atoms with Crippen molar-refractivity contribution in [1.82, 2.24) is 0 Å². The molecule has 3 rings (SSSR count). The van der Waals surface area contributed by atoms with E-state index in [9.17, 15) is 18.0 Å². The molecule has 0 aliphatic heterocycles. The normalized spacial score (nSPS) is 10.8. The van der Waals surface area contributed by atoms with E-state index in [0.29, 0.717) is 23.7 Å². The molecule has 3 aromatic carbocycles. The maximum atomic E-state index is 12.7. The van der Waals surface area contributed by atoms with Crippen molar-refractivity contribution in [2.45, 2.75) is 11.8 Å². The van der Waals surface area contributed by atoms with Crippen molar-refractivity contribution in [3.63, 3.8) is 0 Å². The van der Waals surface area contributed by atoms with Gasteiger partial charge in [-0.25, -0.2) is 13.2 Å². The highest BCUT2D eigenvalue weighted by Gasteiger charge is 2.20. The van der Waals surface area contributed by atoms with Gasteiger partial charge in [-0.1, -0.05) is 12.1 Å². The van der Waals surface area contributed by atoms with Crippen LogP contribution in [0.5, 0.6) is 11.5 Å². The SMILES string of the molecule is CCOc1ccc(C(=O)COC(=O)c2ccccc2NS(=O)(=O)c2ccc(OC)cc2)cc1. The average molecular weight is 470 g/mol. The molecule has 0 aromatic heterocycles. The number of methoxy groups -OCH3 is 1. The van der Waals surface area contributed by atoms with Crippen LogP contribution in [0.3, 0.4) is 0 Å². The van der Waals surface area contributed by atoms with Crippen molar-refractivity contribution in [3.8, 4) is 11.5 Å². The van der Waals surface area contributed by atoms with Crippen LogP contribution in [0, 0.1) is 0 Å². The molecular weight excluding hydrogens is 446 g/mol. The summed E-state index contributed by atoms with van der Waals surface area (Å²) in [6.07, 6.45) is 0. The van der Waals surface area contributed by atoms with Gasteiger partial charge in [0.25, 0.3) is 10.0 Å². The number of nitrogens with one attached hydrogen (secondary N) is 1. The molecule has 9 heteroatoms. The lowest BCUT2D eigenvalue weighted by Crippen LogP contribution is -2.18. The molecule has 0 saturated heterocycles. The molecule has 172 valence electrons. The Morgan fingerprint density at radius 2 is 1.52 bits per heavy atom. The number of benzene rings is 3. The number of carbonyl (C=O) groups is 2. The van der Waals surface area contributed by atoms with E-state index in [-0.39, 0.29) is 16.1 Å². The van der Waals surface area contributed by atoms with E-state index in [2.05, 4.69) is 4.72 Å². The highest BCUT2D eigenvalue weighted by Crippen LogP contribution is 2.22. The second-order valence-corrected chi connectivity index (χ2v) is 8.47. The first kappa shape index (κ1) is 23.8. The monoisotopic (exact) mass is 469 g/mol. The number of rotatable bonds is 10. The van der Waals surface area contributed by atoms with Crippen LogP contribution in [0.2, 0.25) is 0 Å². The first-order valence-electron chi connectivity index (χ1n) is 10.0. The Bertz CT molecular complexity index is 1220. The van der Waals surface area contributed by atoms with Crippen LogP contribution < -0.4 is 14.2 Å². The fourth-order valence-corrected chi connectivity index (χ4v) is 3.98. The zero-order valence-corrected chi connectivity index (χ0v) is 18.9. The minimum atomic E-state index is -3.97. The summed E-state index contributed by atoms with van der Waals surface area (Å²) in [5, 5.41) is 0. The fraction of sp³-hybridized carbons (Fsp3) is 0.167. The lowest BCUT2D eigenvalue weighted by molar-refractivity contribution is 0.0476. The largest absolute Gasteiger partial charge is 0.497 e. The molecule has 0 fully saturated rings. The molecule has 33 heavy (non-hydrogen) atoms. The number of esters is 1. The topological polar surface area (TPSA) is 108 Å². The third kappa shape index (κ3) is 6.11. The maximum absolute atomic E-state index is 12.7. The molecule has 0 spiro atoms. The first-order valence-corrected chi connectivity index (χ1v) is 11.5. The van der Waals surface area contributed by atoms with Crippen LogP contribution in [0.25, 0.3) is 0 Å². The van der Waals surface area contributed by atoms with Gasteiger partial charge in [-0.2, -0.15) is 0 Å². The maximum Gasteiger partial charge on any atom is 0.340 e. The number of sulfonamides is 1. The molecule has 0 atom stereocenters. The lowest BCUT2D eigenvalue weighted by Gasteiger charge is -2.12. The summed E-state index contributed by atoms with van der Waals surface area (Å²) in [4.78, 5) is 25.0. The smallest absolute Gasteiger partial charge is 0.340 e. The molecule has 1 N–H and O–H groups in total. The van der Waals surface area contributed by atoms with Gasteiger partial charge in [-0.3, -0.25) is 9.52 Å². The summed E-state index contributed by atoms with van der Waals surface area (Å²) in [5.74, 6) is -0.0933. The van der Waals surface area contributed by atoms with Crippen LogP contribution in [0.4, 0.5) is 5.69 Å². The van der Waals surface area contributed by atoms with Crippen LogP contribution in [-0.4, -0.2) is 40.5 Å². The van der Waals surface area contributed by atoms with E-state index in [1.165, 1.54) is 43.5 Å². The van der Waals surface area contributed by atoms with Crippen molar-refractivity contribution in [2.24, 2.45) is 0 Å². The summed E-state index contributed by atoms with van der Waals surface area (Å²) >= 11 is 0. The number of carbonyl (C=O) groups excluding carboxylic acids is 2. The van der Waals surface area contributed by atoms with E-state index in [1.54, 1.807) is 36.4 Å². The van der Waals surface area contributed by atoms with Crippen molar-refractivity contribution >= 4 is 27.5 Å². The highest BCUT2D eigenvalue weighted by molar-refractivity contribution is 7.92. The number of Topliss-reactive ketones (excluding diaryl/α,β-unsaturated/α-hetero) is 1. The summed E-state index contributed by atoms with van der Waals surface area (Å²) in [6.45, 7) is 1.87. The number of hydrogen-bond donors (Lipinski definition) is 1. The molecule has 0 radical (unpaired) electrons. The summed E-state index contributed by atoms with van der Waals surface area (Å²) < 4.78 is 43.4. The van der Waals surface area contributed by atoms with E-state index in [0.717, 1.165) is 0 Å². The Morgan fingerprint density at radius 1 is 0.879 bits per heavy atom. The van der Waals surface area contributed by atoms with Crippen molar-refractivity contribution in [2.75, 3.05) is 25.0 Å². The molecule has 8 nitrogen and oxygen atoms in total. The second-order valence-electron chi connectivity index (χ2n) is 6.78. The Morgan fingerprint density at radius 3 is 2.15 bits per heavy atom. The molecule has 0 aliphatic rings. The third-order valence-corrected chi connectivity index (χ3v) is 5.96. The van der Waals surface area contributed by atoms with E-state index >= 15 is 0 Å². The van der Waals surface area contributed by atoms with Crippen molar-refractivity contribution in [1.29, 1.82) is 0 Å². The van der Waals surface area contributed by atoms with Gasteiger partial charge in [-0.15, -0.1) is 0 Å². The van der Waals surface area contributed by atoms with Crippen molar-refractivity contribution in [3.05, 3.63) is 83.9 Å². The summed E-state index contributed by atoms with van der Waals surface area (Å²) in [5.41, 5.74) is 0.376.